The van der Waals surface area contributed by atoms with Crippen LogP contribution in [-0.4, -0.2) is 20.9 Å². The standard InChI is InChI=1S/C16H14BrN7O/c17-12-4-2-1-3-11(12)16(25)24-23-15-13(18)14(20-9-21-15)22-10-5-7-19-8-6-10/h1-9H,18H2,(H,24,25)(H2,19,20,21,22,23). The average molecular weight is 400 g/mol. The first-order valence-corrected chi connectivity index (χ1v) is 8.03. The molecule has 5 N–H and O–H groups in total. The molecule has 2 aromatic heterocycles. The van der Waals surface area contributed by atoms with Crippen LogP contribution in [0.1, 0.15) is 10.4 Å². The molecule has 0 unspecified atom stereocenters. The van der Waals surface area contributed by atoms with E-state index in [1.807, 2.05) is 6.07 Å². The molecule has 0 radical (unpaired) electrons. The number of hydrazine groups is 1. The van der Waals surface area contributed by atoms with Gasteiger partial charge < -0.3 is 11.1 Å². The van der Waals surface area contributed by atoms with Crippen molar-refractivity contribution in [1.29, 1.82) is 0 Å². The molecule has 0 aliphatic heterocycles. The molecule has 1 amide bonds. The van der Waals surface area contributed by atoms with Gasteiger partial charge in [-0.1, -0.05) is 12.1 Å². The second kappa shape index (κ2) is 7.58. The lowest BCUT2D eigenvalue weighted by atomic mass is 10.2. The molecule has 0 bridgehead atoms. The predicted molar refractivity (Wildman–Crippen MR) is 99.2 cm³/mol. The van der Waals surface area contributed by atoms with Crippen LogP contribution in [0.3, 0.4) is 0 Å². The van der Waals surface area contributed by atoms with Crippen molar-refractivity contribution >= 4 is 44.8 Å². The molecule has 0 fully saturated rings. The lowest BCUT2D eigenvalue weighted by Crippen LogP contribution is -2.30. The third-order valence-electron chi connectivity index (χ3n) is 3.24. The summed E-state index contributed by atoms with van der Waals surface area (Å²) in [5.74, 6) is 0.375. The molecule has 3 rings (SSSR count). The van der Waals surface area contributed by atoms with E-state index in [-0.39, 0.29) is 17.4 Å². The monoisotopic (exact) mass is 399 g/mol. The summed E-state index contributed by atoms with van der Waals surface area (Å²) in [6, 6.07) is 10.6. The predicted octanol–water partition coefficient (Wildman–Crippen LogP) is 2.72. The third-order valence-corrected chi connectivity index (χ3v) is 3.93. The molecule has 126 valence electrons. The number of aromatic nitrogens is 3. The summed E-state index contributed by atoms with van der Waals surface area (Å²) in [6.45, 7) is 0. The fourth-order valence-electron chi connectivity index (χ4n) is 2.00. The van der Waals surface area contributed by atoms with Gasteiger partial charge >= 0.3 is 0 Å². The van der Waals surface area contributed by atoms with E-state index in [2.05, 4.69) is 47.1 Å². The summed E-state index contributed by atoms with van der Waals surface area (Å²) in [7, 11) is 0. The summed E-state index contributed by atoms with van der Waals surface area (Å²) in [6.07, 6.45) is 4.64. The van der Waals surface area contributed by atoms with Crippen molar-refractivity contribution in [3.8, 4) is 0 Å². The quantitative estimate of drug-likeness (QED) is 0.487. The molecule has 1 aromatic carbocycles. The van der Waals surface area contributed by atoms with Crippen molar-refractivity contribution in [2.24, 2.45) is 0 Å². The highest BCUT2D eigenvalue weighted by Gasteiger charge is 2.12. The van der Waals surface area contributed by atoms with Gasteiger partial charge in [-0.25, -0.2) is 9.97 Å². The lowest BCUT2D eigenvalue weighted by Gasteiger charge is -2.13. The molecule has 0 atom stereocenters. The Morgan fingerprint density at radius 3 is 2.52 bits per heavy atom. The number of hydrogen-bond acceptors (Lipinski definition) is 7. The van der Waals surface area contributed by atoms with E-state index in [0.29, 0.717) is 15.9 Å². The minimum absolute atomic E-state index is 0.270. The maximum absolute atomic E-state index is 12.2. The van der Waals surface area contributed by atoms with E-state index in [1.165, 1.54) is 6.33 Å². The largest absolute Gasteiger partial charge is 0.393 e. The maximum Gasteiger partial charge on any atom is 0.270 e. The van der Waals surface area contributed by atoms with Crippen LogP contribution in [0.15, 0.2) is 59.6 Å². The highest BCUT2D eigenvalue weighted by atomic mass is 79.9. The second-order valence-electron chi connectivity index (χ2n) is 4.90. The van der Waals surface area contributed by atoms with Crippen molar-refractivity contribution in [2.45, 2.75) is 0 Å². The van der Waals surface area contributed by atoms with E-state index in [9.17, 15) is 4.79 Å². The van der Waals surface area contributed by atoms with Crippen LogP contribution in [0, 0.1) is 0 Å². The third kappa shape index (κ3) is 4.01. The Hall–Kier alpha value is -3.20. The minimum Gasteiger partial charge on any atom is -0.393 e. The first-order valence-electron chi connectivity index (χ1n) is 7.23. The molecule has 0 saturated carbocycles. The number of carbonyl (C=O) groups is 1. The van der Waals surface area contributed by atoms with Crippen LogP contribution in [0.2, 0.25) is 0 Å². The Kier molecular flexibility index (Phi) is 5.05. The molecule has 0 aliphatic rings. The number of pyridine rings is 1. The number of anilines is 4. The highest BCUT2D eigenvalue weighted by Crippen LogP contribution is 2.25. The molecular formula is C16H14BrN7O. The van der Waals surface area contributed by atoms with Crippen molar-refractivity contribution in [3.63, 3.8) is 0 Å². The molecule has 0 spiro atoms. The molecule has 25 heavy (non-hydrogen) atoms. The van der Waals surface area contributed by atoms with Gasteiger partial charge in [0.1, 0.15) is 12.0 Å². The van der Waals surface area contributed by atoms with Crippen LogP contribution in [0.25, 0.3) is 0 Å². The van der Waals surface area contributed by atoms with Gasteiger partial charge in [0.2, 0.25) is 0 Å². The molecule has 2 heterocycles. The average Bonchev–Trinajstić information content (AvgIpc) is 2.63. The van der Waals surface area contributed by atoms with E-state index >= 15 is 0 Å². The van der Waals surface area contributed by atoms with E-state index in [1.54, 1.807) is 42.7 Å². The summed E-state index contributed by atoms with van der Waals surface area (Å²) < 4.78 is 0.685. The lowest BCUT2D eigenvalue weighted by molar-refractivity contribution is 0.0962. The highest BCUT2D eigenvalue weighted by molar-refractivity contribution is 9.10. The molecule has 3 aromatic rings. The first kappa shape index (κ1) is 16.7. The Morgan fingerprint density at radius 1 is 1.04 bits per heavy atom. The molecular weight excluding hydrogens is 386 g/mol. The SMILES string of the molecule is Nc1c(NNC(=O)c2ccccc2Br)ncnc1Nc1ccncc1. The Morgan fingerprint density at radius 2 is 1.76 bits per heavy atom. The second-order valence-corrected chi connectivity index (χ2v) is 5.76. The normalized spacial score (nSPS) is 10.1. The molecule has 9 heteroatoms. The number of benzene rings is 1. The molecule has 8 nitrogen and oxygen atoms in total. The first-order chi connectivity index (χ1) is 12.1. The smallest absolute Gasteiger partial charge is 0.270 e. The van der Waals surface area contributed by atoms with Gasteiger partial charge in [-0.3, -0.25) is 20.6 Å². The number of rotatable bonds is 5. The summed E-state index contributed by atoms with van der Waals surface area (Å²) in [5, 5.41) is 3.06. The van der Waals surface area contributed by atoms with Crippen LogP contribution >= 0.6 is 15.9 Å². The number of nitrogens with zero attached hydrogens (tertiary/aromatic N) is 3. The maximum atomic E-state index is 12.2. The van der Waals surface area contributed by atoms with E-state index in [4.69, 9.17) is 5.73 Å². The number of halogens is 1. The topological polar surface area (TPSA) is 118 Å². The molecule has 0 saturated heterocycles. The zero-order valence-corrected chi connectivity index (χ0v) is 14.5. The van der Waals surface area contributed by atoms with Crippen LogP contribution in [0.4, 0.5) is 23.0 Å². The zero-order valence-electron chi connectivity index (χ0n) is 12.9. The Bertz CT molecular complexity index is 889. The number of nitrogen functional groups attached to an aromatic ring is 1. The van der Waals surface area contributed by atoms with Gasteiger partial charge in [0, 0.05) is 22.6 Å². The number of amides is 1. The minimum atomic E-state index is -0.325. The molecule has 0 aliphatic carbocycles. The van der Waals surface area contributed by atoms with Gasteiger partial charge in [0.25, 0.3) is 5.91 Å². The number of nitrogens with two attached hydrogens (primary N) is 1. The zero-order chi connectivity index (χ0) is 17.6. The number of carbonyl (C=O) groups excluding carboxylic acids is 1. The van der Waals surface area contributed by atoms with Crippen molar-refractivity contribution in [3.05, 3.63) is 65.2 Å². The van der Waals surface area contributed by atoms with Gasteiger partial charge in [-0.05, 0) is 40.2 Å². The van der Waals surface area contributed by atoms with Crippen molar-refractivity contribution in [1.82, 2.24) is 20.4 Å². The van der Waals surface area contributed by atoms with Crippen molar-refractivity contribution in [2.75, 3.05) is 16.5 Å². The Labute approximate surface area is 152 Å². The fraction of sp³-hybridized carbons (Fsp3) is 0. The van der Waals surface area contributed by atoms with Gasteiger partial charge in [0.05, 0.1) is 5.56 Å². The summed E-state index contributed by atoms with van der Waals surface area (Å²) in [4.78, 5) is 24.3. The van der Waals surface area contributed by atoms with Crippen LogP contribution < -0.4 is 21.9 Å². The fourth-order valence-corrected chi connectivity index (χ4v) is 2.46. The van der Waals surface area contributed by atoms with Crippen LogP contribution in [-0.2, 0) is 0 Å². The van der Waals surface area contributed by atoms with Crippen molar-refractivity contribution < 1.29 is 4.79 Å². The number of nitrogens with one attached hydrogen (secondary N) is 3. The van der Waals surface area contributed by atoms with Gasteiger partial charge in [-0.15, -0.1) is 0 Å². The summed E-state index contributed by atoms with van der Waals surface area (Å²) >= 11 is 3.33. The van der Waals surface area contributed by atoms with E-state index in [0.717, 1.165) is 5.69 Å². The van der Waals surface area contributed by atoms with E-state index < -0.39 is 0 Å². The summed E-state index contributed by atoms with van der Waals surface area (Å²) in [5.41, 5.74) is 12.9. The van der Waals surface area contributed by atoms with Crippen LogP contribution in [0.5, 0.6) is 0 Å². The van der Waals surface area contributed by atoms with Gasteiger partial charge in [0.15, 0.2) is 11.6 Å². The van der Waals surface area contributed by atoms with Gasteiger partial charge in [-0.2, -0.15) is 0 Å². The Balaban J connectivity index is 1.72. The number of hydrogen-bond donors (Lipinski definition) is 4.